The van der Waals surface area contributed by atoms with E-state index in [0.29, 0.717) is 0 Å². The summed E-state index contributed by atoms with van der Waals surface area (Å²) in [4.78, 5) is 24.0. The molecule has 1 heterocycles. The SMILES string of the molecule is Nc1nc(C(=O)O)nnc1/C=C/C(=O)O. The summed E-state index contributed by atoms with van der Waals surface area (Å²) in [6.45, 7) is 0. The summed E-state index contributed by atoms with van der Waals surface area (Å²) in [6.07, 6.45) is 1.87. The number of aromatic nitrogens is 3. The Labute approximate surface area is 83.1 Å². The summed E-state index contributed by atoms with van der Waals surface area (Å²) in [7, 11) is 0. The molecule has 0 unspecified atom stereocenters. The maximum absolute atomic E-state index is 10.4. The van der Waals surface area contributed by atoms with Gasteiger partial charge in [-0.2, -0.15) is 0 Å². The van der Waals surface area contributed by atoms with Crippen LogP contribution < -0.4 is 5.73 Å². The van der Waals surface area contributed by atoms with Crippen LogP contribution in [0.3, 0.4) is 0 Å². The Balaban J connectivity index is 3.03. The molecule has 4 N–H and O–H groups in total. The number of anilines is 1. The van der Waals surface area contributed by atoms with E-state index in [1.54, 1.807) is 0 Å². The molecule has 0 aliphatic carbocycles. The number of aliphatic carboxylic acids is 1. The molecule has 0 saturated carbocycles. The van der Waals surface area contributed by atoms with Gasteiger partial charge in [-0.15, -0.1) is 10.2 Å². The first-order chi connectivity index (χ1) is 7.00. The van der Waals surface area contributed by atoms with Crippen LogP contribution in [0, 0.1) is 0 Å². The molecule has 0 saturated heterocycles. The molecule has 0 atom stereocenters. The highest BCUT2D eigenvalue weighted by atomic mass is 16.4. The highest BCUT2D eigenvalue weighted by Gasteiger charge is 2.09. The van der Waals surface area contributed by atoms with Crippen molar-refractivity contribution in [3.63, 3.8) is 0 Å². The molecule has 0 spiro atoms. The number of rotatable bonds is 3. The van der Waals surface area contributed by atoms with Gasteiger partial charge in [0, 0.05) is 6.08 Å². The minimum atomic E-state index is -1.36. The van der Waals surface area contributed by atoms with Crippen LogP contribution in [0.25, 0.3) is 6.08 Å². The number of nitrogen functional groups attached to an aromatic ring is 1. The van der Waals surface area contributed by atoms with E-state index in [4.69, 9.17) is 15.9 Å². The topological polar surface area (TPSA) is 139 Å². The number of carboxylic acid groups (broad SMARTS) is 2. The molecular formula is C7H6N4O4. The zero-order valence-corrected chi connectivity index (χ0v) is 7.28. The van der Waals surface area contributed by atoms with E-state index < -0.39 is 17.8 Å². The van der Waals surface area contributed by atoms with Gasteiger partial charge in [-0.3, -0.25) is 0 Å². The van der Waals surface area contributed by atoms with Gasteiger partial charge in [0.2, 0.25) is 0 Å². The Hall–Kier alpha value is -2.51. The van der Waals surface area contributed by atoms with E-state index in [2.05, 4.69) is 15.2 Å². The fraction of sp³-hybridized carbons (Fsp3) is 0. The largest absolute Gasteiger partial charge is 0.478 e. The van der Waals surface area contributed by atoms with Gasteiger partial charge in [0.1, 0.15) is 5.69 Å². The van der Waals surface area contributed by atoms with Crippen molar-refractivity contribution in [1.29, 1.82) is 0 Å². The first-order valence-electron chi connectivity index (χ1n) is 3.65. The van der Waals surface area contributed by atoms with Crippen LogP contribution in [0.5, 0.6) is 0 Å². The second kappa shape index (κ2) is 4.13. The predicted octanol–water partition coefficient (Wildman–Crippen LogP) is -0.750. The van der Waals surface area contributed by atoms with Crippen LogP contribution in [-0.2, 0) is 4.79 Å². The standard InChI is InChI=1S/C7H6N4O4/c8-5-3(1-2-4(12)13)10-11-6(9-5)7(14)15/h1-2H,(H,12,13)(H,14,15)(H2,8,9,11)/b2-1+. The minimum Gasteiger partial charge on any atom is -0.478 e. The first-order valence-corrected chi connectivity index (χ1v) is 3.65. The lowest BCUT2D eigenvalue weighted by Crippen LogP contribution is -2.10. The molecule has 15 heavy (non-hydrogen) atoms. The monoisotopic (exact) mass is 210 g/mol. The second-order valence-electron chi connectivity index (χ2n) is 2.38. The van der Waals surface area contributed by atoms with Gasteiger partial charge in [-0.1, -0.05) is 0 Å². The van der Waals surface area contributed by atoms with E-state index in [-0.39, 0.29) is 11.5 Å². The molecule has 0 fully saturated rings. The number of carboxylic acids is 2. The maximum atomic E-state index is 10.4. The van der Waals surface area contributed by atoms with Crippen molar-refractivity contribution in [2.24, 2.45) is 0 Å². The Morgan fingerprint density at radius 2 is 1.93 bits per heavy atom. The number of hydrogen-bond acceptors (Lipinski definition) is 6. The third kappa shape index (κ3) is 2.72. The van der Waals surface area contributed by atoms with Crippen LogP contribution in [-0.4, -0.2) is 37.3 Å². The van der Waals surface area contributed by atoms with Crippen molar-refractivity contribution in [2.45, 2.75) is 0 Å². The van der Waals surface area contributed by atoms with Gasteiger partial charge in [-0.05, 0) is 6.08 Å². The number of hydrogen-bond donors (Lipinski definition) is 3. The van der Waals surface area contributed by atoms with E-state index in [1.807, 2.05) is 0 Å². The smallest absolute Gasteiger partial charge is 0.375 e. The van der Waals surface area contributed by atoms with Crippen LogP contribution >= 0.6 is 0 Å². The molecule has 0 aromatic carbocycles. The third-order valence-corrected chi connectivity index (χ3v) is 1.32. The van der Waals surface area contributed by atoms with Crippen molar-refractivity contribution >= 4 is 23.8 Å². The van der Waals surface area contributed by atoms with Crippen LogP contribution in [0.2, 0.25) is 0 Å². The molecule has 1 aromatic rings. The summed E-state index contributed by atoms with van der Waals surface area (Å²) in [5.41, 5.74) is 5.33. The van der Waals surface area contributed by atoms with Crippen LogP contribution in [0.15, 0.2) is 6.08 Å². The third-order valence-electron chi connectivity index (χ3n) is 1.32. The Kier molecular flexibility index (Phi) is 2.91. The van der Waals surface area contributed by atoms with E-state index in [1.165, 1.54) is 0 Å². The van der Waals surface area contributed by atoms with Gasteiger partial charge in [0.05, 0.1) is 0 Å². The van der Waals surface area contributed by atoms with E-state index in [9.17, 15) is 9.59 Å². The second-order valence-corrected chi connectivity index (χ2v) is 2.38. The molecule has 0 radical (unpaired) electrons. The molecule has 0 bridgehead atoms. The average Bonchev–Trinajstić information content (AvgIpc) is 2.15. The lowest BCUT2D eigenvalue weighted by molar-refractivity contribution is -0.131. The zero-order chi connectivity index (χ0) is 11.4. The summed E-state index contributed by atoms with van der Waals surface area (Å²) >= 11 is 0. The molecule has 1 rings (SSSR count). The average molecular weight is 210 g/mol. The number of nitrogens with zero attached hydrogens (tertiary/aromatic N) is 3. The van der Waals surface area contributed by atoms with E-state index >= 15 is 0 Å². The normalized spacial score (nSPS) is 10.4. The molecule has 8 heteroatoms. The Bertz CT molecular complexity index is 443. The van der Waals surface area contributed by atoms with Crippen LogP contribution in [0.1, 0.15) is 16.3 Å². The van der Waals surface area contributed by atoms with Crippen molar-refractivity contribution in [3.8, 4) is 0 Å². The van der Waals surface area contributed by atoms with Gasteiger partial charge < -0.3 is 15.9 Å². The van der Waals surface area contributed by atoms with Gasteiger partial charge in [-0.25, -0.2) is 14.6 Å². The molecule has 1 aromatic heterocycles. The predicted molar refractivity (Wildman–Crippen MR) is 47.9 cm³/mol. The molecule has 8 nitrogen and oxygen atoms in total. The van der Waals surface area contributed by atoms with Crippen LogP contribution in [0.4, 0.5) is 5.82 Å². The Morgan fingerprint density at radius 3 is 2.40 bits per heavy atom. The molecule has 0 amide bonds. The lowest BCUT2D eigenvalue weighted by atomic mass is 10.3. The zero-order valence-electron chi connectivity index (χ0n) is 7.28. The highest BCUT2D eigenvalue weighted by Crippen LogP contribution is 2.05. The maximum Gasteiger partial charge on any atom is 0.375 e. The molecular weight excluding hydrogens is 204 g/mol. The molecule has 0 aliphatic heterocycles. The van der Waals surface area contributed by atoms with Crippen molar-refractivity contribution in [1.82, 2.24) is 15.2 Å². The molecule has 78 valence electrons. The number of nitrogens with two attached hydrogens (primary N) is 1. The van der Waals surface area contributed by atoms with Gasteiger partial charge >= 0.3 is 11.9 Å². The Morgan fingerprint density at radius 1 is 1.27 bits per heavy atom. The summed E-state index contributed by atoms with van der Waals surface area (Å²) in [5.74, 6) is -3.28. The van der Waals surface area contributed by atoms with Gasteiger partial charge in [0.15, 0.2) is 5.82 Å². The fourth-order valence-electron chi connectivity index (χ4n) is 0.706. The van der Waals surface area contributed by atoms with Crippen molar-refractivity contribution in [2.75, 3.05) is 5.73 Å². The summed E-state index contributed by atoms with van der Waals surface area (Å²) < 4.78 is 0. The van der Waals surface area contributed by atoms with Gasteiger partial charge in [0.25, 0.3) is 5.82 Å². The summed E-state index contributed by atoms with van der Waals surface area (Å²) in [5, 5.41) is 23.4. The highest BCUT2D eigenvalue weighted by molar-refractivity contribution is 5.86. The van der Waals surface area contributed by atoms with E-state index in [0.717, 1.165) is 12.2 Å². The number of aromatic carboxylic acids is 1. The quantitative estimate of drug-likeness (QED) is 0.553. The summed E-state index contributed by atoms with van der Waals surface area (Å²) in [6, 6.07) is 0. The fourth-order valence-corrected chi connectivity index (χ4v) is 0.706. The lowest BCUT2D eigenvalue weighted by Gasteiger charge is -1.97. The minimum absolute atomic E-state index is 0.00222. The van der Waals surface area contributed by atoms with Crippen molar-refractivity contribution < 1.29 is 19.8 Å². The first kappa shape index (κ1) is 10.6. The number of carbonyl (C=O) groups is 2. The molecule has 0 aliphatic rings. The van der Waals surface area contributed by atoms with Crippen molar-refractivity contribution in [3.05, 3.63) is 17.6 Å².